The monoisotopic (exact) mass is 178 g/mol. The Bertz CT molecular complexity index is 311. The lowest BCUT2D eigenvalue weighted by molar-refractivity contribution is 0.727. The SMILES string of the molecule is Cc1ccc(C(C)C)cc1/C=C/F. The smallest absolute Gasteiger partial charge is 0.0872 e. The summed E-state index contributed by atoms with van der Waals surface area (Å²) in [4.78, 5) is 0. The number of halogens is 1. The van der Waals surface area contributed by atoms with Crippen LogP contribution in [0.15, 0.2) is 24.5 Å². The van der Waals surface area contributed by atoms with E-state index in [1.165, 1.54) is 11.6 Å². The second-order valence-corrected chi connectivity index (χ2v) is 3.56. The van der Waals surface area contributed by atoms with E-state index < -0.39 is 0 Å². The van der Waals surface area contributed by atoms with Crippen molar-refractivity contribution < 1.29 is 4.39 Å². The number of rotatable bonds is 2. The van der Waals surface area contributed by atoms with Crippen LogP contribution in [0.5, 0.6) is 0 Å². The topological polar surface area (TPSA) is 0 Å². The van der Waals surface area contributed by atoms with Gasteiger partial charge in [-0.15, -0.1) is 0 Å². The Morgan fingerprint density at radius 2 is 2.00 bits per heavy atom. The zero-order valence-corrected chi connectivity index (χ0v) is 8.34. The van der Waals surface area contributed by atoms with Crippen LogP contribution in [0, 0.1) is 6.92 Å². The highest BCUT2D eigenvalue weighted by atomic mass is 19.1. The molecule has 0 radical (unpaired) electrons. The first kappa shape index (κ1) is 9.97. The molecule has 70 valence electrons. The van der Waals surface area contributed by atoms with Gasteiger partial charge in [0.1, 0.15) is 0 Å². The lowest BCUT2D eigenvalue weighted by atomic mass is 9.98. The largest absolute Gasteiger partial charge is 0.216 e. The molecule has 0 aromatic heterocycles. The normalized spacial score (nSPS) is 11.5. The predicted octanol–water partition coefficient (Wildman–Crippen LogP) is 4.06. The Kier molecular flexibility index (Phi) is 3.24. The van der Waals surface area contributed by atoms with E-state index in [0.29, 0.717) is 12.2 Å². The summed E-state index contributed by atoms with van der Waals surface area (Å²) in [7, 11) is 0. The molecule has 0 fully saturated rings. The van der Waals surface area contributed by atoms with Crippen LogP contribution >= 0.6 is 0 Å². The minimum Gasteiger partial charge on any atom is -0.216 e. The van der Waals surface area contributed by atoms with Gasteiger partial charge in [-0.25, -0.2) is 4.39 Å². The molecule has 1 aromatic carbocycles. The molecule has 1 aromatic rings. The van der Waals surface area contributed by atoms with E-state index in [1.807, 2.05) is 19.1 Å². The van der Waals surface area contributed by atoms with E-state index in [0.717, 1.165) is 11.1 Å². The Balaban J connectivity index is 3.11. The zero-order valence-electron chi connectivity index (χ0n) is 8.34. The van der Waals surface area contributed by atoms with E-state index in [2.05, 4.69) is 19.9 Å². The highest BCUT2D eigenvalue weighted by Gasteiger charge is 2.01. The maximum absolute atomic E-state index is 12.0. The third-order valence-corrected chi connectivity index (χ3v) is 2.21. The van der Waals surface area contributed by atoms with Crippen molar-refractivity contribution >= 4 is 6.08 Å². The molecule has 13 heavy (non-hydrogen) atoms. The van der Waals surface area contributed by atoms with E-state index in [-0.39, 0.29) is 0 Å². The van der Waals surface area contributed by atoms with E-state index in [1.54, 1.807) is 0 Å². The molecule has 0 saturated carbocycles. The maximum Gasteiger partial charge on any atom is 0.0872 e. The molecule has 0 amide bonds. The van der Waals surface area contributed by atoms with Crippen molar-refractivity contribution in [1.82, 2.24) is 0 Å². The fourth-order valence-electron chi connectivity index (χ4n) is 1.27. The molecule has 0 spiro atoms. The molecule has 0 aliphatic rings. The van der Waals surface area contributed by atoms with E-state index in [4.69, 9.17) is 0 Å². The second kappa shape index (κ2) is 4.22. The minimum atomic E-state index is 0.493. The summed E-state index contributed by atoms with van der Waals surface area (Å²) < 4.78 is 12.0. The van der Waals surface area contributed by atoms with Crippen LogP contribution < -0.4 is 0 Å². The van der Waals surface area contributed by atoms with Crippen molar-refractivity contribution in [3.8, 4) is 0 Å². The van der Waals surface area contributed by atoms with E-state index >= 15 is 0 Å². The molecule has 0 N–H and O–H groups in total. The standard InChI is InChI=1S/C12H15F/c1-9(2)11-5-4-10(3)12(8-11)6-7-13/h4-9H,1-3H3/b7-6+. The summed E-state index contributed by atoms with van der Waals surface area (Å²) in [5.41, 5.74) is 3.32. The number of hydrogen-bond acceptors (Lipinski definition) is 0. The van der Waals surface area contributed by atoms with Gasteiger partial charge in [-0.2, -0.15) is 0 Å². The van der Waals surface area contributed by atoms with Crippen LogP contribution in [0.4, 0.5) is 4.39 Å². The Labute approximate surface area is 79.1 Å². The van der Waals surface area contributed by atoms with Crippen molar-refractivity contribution in [3.63, 3.8) is 0 Å². The average molecular weight is 178 g/mol. The summed E-state index contributed by atoms with van der Waals surface area (Å²) in [6, 6.07) is 6.16. The van der Waals surface area contributed by atoms with Crippen LogP contribution in [0.1, 0.15) is 36.5 Å². The van der Waals surface area contributed by atoms with Crippen LogP contribution in [0.2, 0.25) is 0 Å². The molecule has 0 aliphatic carbocycles. The van der Waals surface area contributed by atoms with Crippen molar-refractivity contribution in [1.29, 1.82) is 0 Å². The van der Waals surface area contributed by atoms with Gasteiger partial charge in [-0.3, -0.25) is 0 Å². The summed E-state index contributed by atoms with van der Waals surface area (Å²) in [5, 5.41) is 0. The van der Waals surface area contributed by atoms with Gasteiger partial charge in [0.05, 0.1) is 6.33 Å². The van der Waals surface area contributed by atoms with Gasteiger partial charge in [0.15, 0.2) is 0 Å². The van der Waals surface area contributed by atoms with Gasteiger partial charge in [0.2, 0.25) is 0 Å². The van der Waals surface area contributed by atoms with Crippen LogP contribution in [0.25, 0.3) is 6.08 Å². The van der Waals surface area contributed by atoms with Crippen molar-refractivity contribution in [3.05, 3.63) is 41.2 Å². The lowest BCUT2D eigenvalue weighted by Gasteiger charge is -2.07. The van der Waals surface area contributed by atoms with Gasteiger partial charge in [-0.1, -0.05) is 32.0 Å². The highest BCUT2D eigenvalue weighted by molar-refractivity contribution is 5.54. The third kappa shape index (κ3) is 2.41. The number of benzene rings is 1. The van der Waals surface area contributed by atoms with Crippen LogP contribution in [-0.2, 0) is 0 Å². The summed E-state index contributed by atoms with van der Waals surface area (Å²) in [6.07, 6.45) is 2.09. The molecular formula is C12H15F. The molecule has 0 bridgehead atoms. The molecule has 0 unspecified atom stereocenters. The molecule has 0 aliphatic heterocycles. The molecule has 1 heteroatoms. The Hall–Kier alpha value is -1.11. The zero-order chi connectivity index (χ0) is 9.84. The molecule has 0 heterocycles. The fourth-order valence-corrected chi connectivity index (χ4v) is 1.27. The van der Waals surface area contributed by atoms with Gasteiger partial charge in [0, 0.05) is 0 Å². The van der Waals surface area contributed by atoms with Gasteiger partial charge < -0.3 is 0 Å². The number of hydrogen-bond donors (Lipinski definition) is 0. The van der Waals surface area contributed by atoms with E-state index in [9.17, 15) is 4.39 Å². The minimum absolute atomic E-state index is 0.493. The molecule has 0 nitrogen and oxygen atoms in total. The highest BCUT2D eigenvalue weighted by Crippen LogP contribution is 2.19. The summed E-state index contributed by atoms with van der Waals surface area (Å²) in [5.74, 6) is 0.493. The predicted molar refractivity (Wildman–Crippen MR) is 55.4 cm³/mol. The van der Waals surface area contributed by atoms with Crippen molar-refractivity contribution in [2.45, 2.75) is 26.7 Å². The Morgan fingerprint density at radius 3 is 2.54 bits per heavy atom. The second-order valence-electron chi connectivity index (χ2n) is 3.56. The van der Waals surface area contributed by atoms with Gasteiger partial charge in [-0.05, 0) is 35.6 Å². The van der Waals surface area contributed by atoms with Gasteiger partial charge in [0.25, 0.3) is 0 Å². The maximum atomic E-state index is 12.0. The first-order chi connectivity index (χ1) is 6.15. The van der Waals surface area contributed by atoms with Crippen LogP contribution in [-0.4, -0.2) is 0 Å². The molecule has 1 rings (SSSR count). The first-order valence-corrected chi connectivity index (χ1v) is 4.52. The first-order valence-electron chi connectivity index (χ1n) is 4.52. The summed E-state index contributed by atoms with van der Waals surface area (Å²) >= 11 is 0. The molecule has 0 saturated heterocycles. The lowest BCUT2D eigenvalue weighted by Crippen LogP contribution is -1.89. The fraction of sp³-hybridized carbons (Fsp3) is 0.333. The molecular weight excluding hydrogens is 163 g/mol. The summed E-state index contributed by atoms with van der Waals surface area (Å²) in [6.45, 7) is 6.25. The average Bonchev–Trinajstić information content (AvgIpc) is 2.08. The van der Waals surface area contributed by atoms with Crippen LogP contribution in [0.3, 0.4) is 0 Å². The van der Waals surface area contributed by atoms with Crippen molar-refractivity contribution in [2.75, 3.05) is 0 Å². The quantitative estimate of drug-likeness (QED) is 0.640. The van der Waals surface area contributed by atoms with Gasteiger partial charge >= 0.3 is 0 Å². The number of aryl methyl sites for hydroxylation is 1. The van der Waals surface area contributed by atoms with Crippen molar-refractivity contribution in [2.24, 2.45) is 0 Å². The third-order valence-electron chi connectivity index (χ3n) is 2.21. The molecule has 0 atom stereocenters. The Morgan fingerprint density at radius 1 is 1.31 bits per heavy atom.